The molecule has 0 bridgehead atoms. The van der Waals surface area contributed by atoms with Crippen LogP contribution >= 0.6 is 8.73 Å². The topological polar surface area (TPSA) is 158 Å². The van der Waals surface area contributed by atoms with Crippen LogP contribution in [0, 0.1) is 17.3 Å². The van der Waals surface area contributed by atoms with E-state index in [2.05, 4.69) is 118 Å². The number of methoxy groups -OCH3 is 1. The van der Waals surface area contributed by atoms with Gasteiger partial charge in [-0.2, -0.15) is 0 Å². The van der Waals surface area contributed by atoms with E-state index in [0.29, 0.717) is 33.9 Å². The Morgan fingerprint density at radius 1 is 1.01 bits per heavy atom. The van der Waals surface area contributed by atoms with E-state index in [1.165, 1.54) is 57.6 Å². The molecule has 14 heteroatoms. The number of pyridine rings is 1. The normalized spacial score (nSPS) is 14.2. The third kappa shape index (κ3) is 17.5. The summed E-state index contributed by atoms with van der Waals surface area (Å²) in [6.07, 6.45) is 8.31. The van der Waals surface area contributed by atoms with E-state index < -0.39 is 6.10 Å². The van der Waals surface area contributed by atoms with Gasteiger partial charge in [0.15, 0.2) is 6.29 Å². The lowest BCUT2D eigenvalue weighted by molar-refractivity contribution is -0.132. The molecular formula is C57H88N7O6P. The van der Waals surface area contributed by atoms with Gasteiger partial charge in [-0.05, 0) is 128 Å². The number of fused-ring (bicyclic) bond motifs is 1. The van der Waals surface area contributed by atoms with Crippen molar-refractivity contribution in [1.82, 2.24) is 24.0 Å². The molecule has 0 spiro atoms. The van der Waals surface area contributed by atoms with Crippen LogP contribution in [0.15, 0.2) is 98.6 Å². The number of ether oxygens (including phenoxy) is 3. The van der Waals surface area contributed by atoms with Crippen LogP contribution in [0.5, 0.6) is 0 Å². The number of benzene rings is 2. The number of carbonyl (C=O) groups excluding carboxylic acids is 3. The molecule has 5 unspecified atom stereocenters. The number of amides is 2. The Balaban J connectivity index is 0.000000562. The number of carbonyl (C=O) groups is 3. The van der Waals surface area contributed by atoms with Crippen LogP contribution in [0.2, 0.25) is 0 Å². The number of hydrogen-bond donors (Lipinski definition) is 2. The van der Waals surface area contributed by atoms with Crippen LogP contribution < -0.4 is 11.5 Å². The van der Waals surface area contributed by atoms with Crippen molar-refractivity contribution in [2.75, 3.05) is 60.3 Å². The van der Waals surface area contributed by atoms with Crippen molar-refractivity contribution in [3.05, 3.63) is 115 Å². The Kier molecular flexibility index (Phi) is 27.3. The van der Waals surface area contributed by atoms with E-state index in [0.717, 1.165) is 55.3 Å². The molecule has 2 aromatic carbocycles. The fraction of sp³-hybridized carbons (Fsp3) is 0.509. The highest BCUT2D eigenvalue weighted by Crippen LogP contribution is 2.42. The fourth-order valence-electron chi connectivity index (χ4n) is 8.96. The average Bonchev–Trinajstić information content (AvgIpc) is 4.03. The molecule has 2 aromatic heterocycles. The lowest BCUT2D eigenvalue weighted by Crippen LogP contribution is -2.44. The first kappa shape index (κ1) is 61.9. The van der Waals surface area contributed by atoms with Crippen LogP contribution in [0.3, 0.4) is 0 Å². The zero-order valence-electron chi connectivity index (χ0n) is 45.4. The summed E-state index contributed by atoms with van der Waals surface area (Å²) in [4.78, 5) is 44.0. The third-order valence-electron chi connectivity index (χ3n) is 12.3. The van der Waals surface area contributed by atoms with Gasteiger partial charge in [-0.15, -0.1) is 0 Å². The highest BCUT2D eigenvalue weighted by Gasteiger charge is 2.29. The minimum atomic E-state index is -0.690. The zero-order valence-corrected chi connectivity index (χ0v) is 46.4. The number of hydrogen-bond acceptors (Lipinski definition) is 10. The number of nitrogens with zero attached hydrogens (tertiary/aromatic N) is 5. The maximum Gasteiger partial charge on any atom is 0.246 e. The SMILES string of the molecule is C=CC(=O)N(CC)CC(C=O)OCN(C)C(C(=C)N)C(C)C.C=COCC(C)(C)Cc1c(-c2cccnc2C(C)OC)n(CC)c2ccc(-c3cccc(CC(C)C(=O)N4CCCP4)c3)cc12.CC.CN. The summed E-state index contributed by atoms with van der Waals surface area (Å²) < 4.78 is 21.6. The minimum Gasteiger partial charge on any atom is -0.501 e. The summed E-state index contributed by atoms with van der Waals surface area (Å²) in [6, 6.07) is 19.7. The Hall–Kier alpha value is -5.17. The van der Waals surface area contributed by atoms with Gasteiger partial charge in [-0.25, -0.2) is 0 Å². The van der Waals surface area contributed by atoms with E-state index in [4.69, 9.17) is 24.9 Å². The van der Waals surface area contributed by atoms with Crippen molar-refractivity contribution >= 4 is 37.7 Å². The second-order valence-corrected chi connectivity index (χ2v) is 19.9. The van der Waals surface area contributed by atoms with Crippen LogP contribution in [0.4, 0.5) is 0 Å². The molecule has 4 N–H and O–H groups in total. The Morgan fingerprint density at radius 2 is 1.70 bits per heavy atom. The highest BCUT2D eigenvalue weighted by atomic mass is 31.1. The predicted molar refractivity (Wildman–Crippen MR) is 297 cm³/mol. The molecule has 13 nitrogen and oxygen atoms in total. The molecule has 0 radical (unpaired) electrons. The summed E-state index contributed by atoms with van der Waals surface area (Å²) in [5.41, 5.74) is 20.0. The first-order valence-corrected chi connectivity index (χ1v) is 26.3. The largest absolute Gasteiger partial charge is 0.501 e. The van der Waals surface area contributed by atoms with Gasteiger partial charge in [0, 0.05) is 66.4 Å². The lowest BCUT2D eigenvalue weighted by atomic mass is 9.84. The maximum absolute atomic E-state index is 13.0. The van der Waals surface area contributed by atoms with Crippen molar-refractivity contribution in [1.29, 1.82) is 0 Å². The number of aryl methyl sites for hydroxylation is 1. The van der Waals surface area contributed by atoms with Gasteiger partial charge < -0.3 is 44.6 Å². The standard InChI is InChI=1S/C38H48N3O3P.C16H29N3O3.C2H6.CH5N/c1-8-40-34-17-16-30(29-14-10-13-28(22-29)21-26(3)37(42)41-19-12-20-45-41)23-32(34)33(24-38(5,6)25-44-9-2)36(40)31-15-11-18-39-35(31)27(4)43-7;1-7-15(21)19(8-2)9-14(10-20)22-11-18(6)16(12(3)4)13(5)17;2*1-2/h9-11,13-18,22-23,26-27,45H,2,8,12,19-21,24-25H2,1,3-7H3;7,10,12,14,16H,1,5,8-9,11,17H2,2-4,6H3;1-2H3;2H2,1H3. The van der Waals surface area contributed by atoms with Crippen molar-refractivity contribution < 1.29 is 28.6 Å². The van der Waals surface area contributed by atoms with Gasteiger partial charge in [0.05, 0.1) is 42.9 Å². The minimum absolute atomic E-state index is 0.0238. The summed E-state index contributed by atoms with van der Waals surface area (Å²) in [5.74, 6) is 0.317. The monoisotopic (exact) mass is 998 g/mol. The molecule has 1 aliphatic rings. The quantitative estimate of drug-likeness (QED) is 0.0228. The van der Waals surface area contributed by atoms with Crippen molar-refractivity contribution in [2.45, 2.75) is 113 Å². The van der Waals surface area contributed by atoms with Crippen molar-refractivity contribution in [3.63, 3.8) is 0 Å². The van der Waals surface area contributed by atoms with E-state index in [-0.39, 0.29) is 54.5 Å². The molecule has 5 rings (SSSR count). The number of nitrogens with two attached hydrogens (primary N) is 2. The van der Waals surface area contributed by atoms with E-state index in [9.17, 15) is 14.4 Å². The van der Waals surface area contributed by atoms with E-state index >= 15 is 0 Å². The van der Waals surface area contributed by atoms with Gasteiger partial charge in [-0.1, -0.05) is 98.5 Å². The molecule has 71 heavy (non-hydrogen) atoms. The van der Waals surface area contributed by atoms with Crippen LogP contribution in [0.25, 0.3) is 33.3 Å². The molecule has 0 saturated carbocycles. The predicted octanol–water partition coefficient (Wildman–Crippen LogP) is 10.4. The number of aromatic nitrogens is 2. The molecule has 3 heterocycles. The molecule has 392 valence electrons. The summed E-state index contributed by atoms with van der Waals surface area (Å²) >= 11 is 0. The lowest BCUT2D eigenvalue weighted by Gasteiger charge is -2.32. The summed E-state index contributed by atoms with van der Waals surface area (Å²) in [6.45, 7) is 35.0. The summed E-state index contributed by atoms with van der Waals surface area (Å²) in [7, 11) is 5.73. The Bertz CT molecular complexity index is 2310. The third-order valence-corrected chi connectivity index (χ3v) is 13.7. The molecule has 1 aliphatic heterocycles. The van der Waals surface area contributed by atoms with Crippen molar-refractivity contribution in [3.8, 4) is 22.4 Å². The molecule has 1 saturated heterocycles. The number of rotatable bonds is 24. The molecule has 0 aliphatic carbocycles. The van der Waals surface area contributed by atoms with Gasteiger partial charge >= 0.3 is 0 Å². The average molecular weight is 998 g/mol. The number of likely N-dealkylation sites (N-methyl/N-ethyl adjacent to an activating group) is 2. The maximum atomic E-state index is 13.0. The molecule has 5 atom stereocenters. The van der Waals surface area contributed by atoms with Crippen LogP contribution in [0.1, 0.15) is 98.6 Å². The molecule has 4 aromatic rings. The molecule has 2 amide bonds. The fourth-order valence-corrected chi connectivity index (χ4v) is 10.2. The Morgan fingerprint density at radius 3 is 2.27 bits per heavy atom. The second-order valence-electron chi connectivity index (χ2n) is 18.6. The zero-order chi connectivity index (χ0) is 53.4. The van der Waals surface area contributed by atoms with Crippen LogP contribution in [-0.2, 0) is 48.0 Å². The second kappa shape index (κ2) is 31.3. The number of aldehydes is 1. The van der Waals surface area contributed by atoms with E-state index in [1.54, 1.807) is 7.11 Å². The van der Waals surface area contributed by atoms with Gasteiger partial charge in [-0.3, -0.25) is 19.5 Å². The smallest absolute Gasteiger partial charge is 0.246 e. The molecular weight excluding hydrogens is 910 g/mol. The van der Waals surface area contributed by atoms with Gasteiger partial charge in [0.25, 0.3) is 0 Å². The van der Waals surface area contributed by atoms with Crippen LogP contribution in [-0.4, -0.2) is 115 Å². The van der Waals surface area contributed by atoms with E-state index in [1.807, 2.05) is 58.8 Å². The van der Waals surface area contributed by atoms with Gasteiger partial charge in [0.2, 0.25) is 11.8 Å². The first-order chi connectivity index (χ1) is 33.9. The summed E-state index contributed by atoms with van der Waals surface area (Å²) in [5, 5.41) is 1.24. The Labute approximate surface area is 428 Å². The first-order valence-electron chi connectivity index (χ1n) is 25.2. The van der Waals surface area contributed by atoms with Crippen molar-refractivity contribution in [2.24, 2.45) is 28.7 Å². The highest BCUT2D eigenvalue weighted by molar-refractivity contribution is 7.36. The van der Waals surface area contributed by atoms with Gasteiger partial charge in [0.1, 0.15) is 12.8 Å². The molecule has 1 fully saturated rings.